The molecular weight excluding hydrogens is 198 g/mol. The molecule has 0 aliphatic heterocycles. The lowest BCUT2D eigenvalue weighted by molar-refractivity contribution is -0.149. The summed E-state index contributed by atoms with van der Waals surface area (Å²) in [6.07, 6.45) is 2.56. The molecule has 0 unspecified atom stereocenters. The number of carbonyl (C=O) groups excluding carboxylic acids is 1. The van der Waals surface area contributed by atoms with Crippen molar-refractivity contribution in [3.05, 3.63) is 36.0 Å². The number of amides is 1. The first-order valence-corrected chi connectivity index (χ1v) is 4.09. The normalized spacial score (nSPS) is 10.1. The first kappa shape index (κ1) is 10.8. The molecule has 0 aromatic heterocycles. The fourth-order valence-corrected chi connectivity index (χ4v) is 0.897. The van der Waals surface area contributed by atoms with Crippen molar-refractivity contribution in [2.24, 2.45) is 0 Å². The summed E-state index contributed by atoms with van der Waals surface area (Å²) in [5.74, 6) is -2.63. The Kier molecular flexibility index (Phi) is 3.45. The van der Waals surface area contributed by atoms with E-state index in [2.05, 4.69) is 0 Å². The first-order valence-electron chi connectivity index (χ1n) is 4.09. The van der Waals surface area contributed by atoms with Gasteiger partial charge in [0.1, 0.15) is 5.75 Å². The Bertz CT molecular complexity index is 412. The number of phenols is 1. The summed E-state index contributed by atoms with van der Waals surface area (Å²) in [7, 11) is 0. The minimum atomic E-state index is -1.56. The summed E-state index contributed by atoms with van der Waals surface area (Å²) < 4.78 is 0. The lowest BCUT2D eigenvalue weighted by Gasteiger charge is -1.97. The lowest BCUT2D eigenvalue weighted by Crippen LogP contribution is -2.25. The maximum Gasteiger partial charge on any atom is 0.394 e. The Balaban J connectivity index is 2.63. The molecule has 0 heterocycles. The maximum absolute atomic E-state index is 10.6. The highest BCUT2D eigenvalue weighted by molar-refractivity contribution is 6.31. The van der Waals surface area contributed by atoms with Crippen LogP contribution in [0, 0.1) is 0 Å². The molecule has 78 valence electrons. The Labute approximate surface area is 85.7 Å². The summed E-state index contributed by atoms with van der Waals surface area (Å²) in [5.41, 5.74) is 0.489. The Morgan fingerprint density at radius 1 is 1.27 bits per heavy atom. The number of carboxylic acid groups (broad SMARTS) is 1. The summed E-state index contributed by atoms with van der Waals surface area (Å²) in [6, 6.07) is 6.47. The van der Waals surface area contributed by atoms with Gasteiger partial charge in [0.2, 0.25) is 0 Å². The van der Waals surface area contributed by atoms with Crippen molar-refractivity contribution in [1.29, 1.82) is 0 Å². The lowest BCUT2D eigenvalue weighted by atomic mass is 10.2. The second kappa shape index (κ2) is 4.80. The monoisotopic (exact) mass is 207 g/mol. The summed E-state index contributed by atoms with van der Waals surface area (Å²) in [5, 5.41) is 19.6. The Hall–Kier alpha value is -2.30. The predicted octanol–water partition coefficient (Wildman–Crippen LogP) is 0.564. The van der Waals surface area contributed by atoms with Crippen LogP contribution in [0.4, 0.5) is 0 Å². The smallest absolute Gasteiger partial charge is 0.394 e. The van der Waals surface area contributed by atoms with Gasteiger partial charge in [0.25, 0.3) is 0 Å². The van der Waals surface area contributed by atoms with E-state index in [1.54, 1.807) is 18.2 Å². The number of carbonyl (C=O) groups is 2. The third-order valence-corrected chi connectivity index (χ3v) is 1.61. The van der Waals surface area contributed by atoms with E-state index in [0.717, 1.165) is 6.20 Å². The van der Waals surface area contributed by atoms with Crippen LogP contribution in [0.25, 0.3) is 6.08 Å². The van der Waals surface area contributed by atoms with Gasteiger partial charge in [0, 0.05) is 11.8 Å². The van der Waals surface area contributed by atoms with Gasteiger partial charge < -0.3 is 15.5 Å². The highest BCUT2D eigenvalue weighted by Gasteiger charge is 2.07. The molecule has 1 aromatic carbocycles. The first-order chi connectivity index (χ1) is 7.11. The van der Waals surface area contributed by atoms with Crippen LogP contribution in [0.1, 0.15) is 5.56 Å². The van der Waals surface area contributed by atoms with Gasteiger partial charge in [-0.1, -0.05) is 18.2 Å². The third kappa shape index (κ3) is 3.15. The van der Waals surface area contributed by atoms with E-state index >= 15 is 0 Å². The average Bonchev–Trinajstić information content (AvgIpc) is 2.20. The third-order valence-electron chi connectivity index (χ3n) is 1.61. The number of aromatic hydroxyl groups is 1. The van der Waals surface area contributed by atoms with Crippen molar-refractivity contribution in [3.8, 4) is 5.75 Å². The van der Waals surface area contributed by atoms with Crippen LogP contribution < -0.4 is 5.32 Å². The van der Waals surface area contributed by atoms with Crippen LogP contribution in [0.2, 0.25) is 0 Å². The maximum atomic E-state index is 10.6. The quantitative estimate of drug-likeness (QED) is 0.618. The number of hydrogen-bond donors (Lipinski definition) is 3. The summed E-state index contributed by atoms with van der Waals surface area (Å²) in [4.78, 5) is 20.7. The SMILES string of the molecule is O=C(O)C(=O)NC=Cc1ccccc1O. The largest absolute Gasteiger partial charge is 0.507 e. The van der Waals surface area contributed by atoms with Gasteiger partial charge >= 0.3 is 11.9 Å². The highest BCUT2D eigenvalue weighted by Crippen LogP contribution is 2.16. The van der Waals surface area contributed by atoms with Gasteiger partial charge in [-0.2, -0.15) is 0 Å². The molecule has 0 aliphatic rings. The number of para-hydroxylation sites is 1. The molecule has 5 nitrogen and oxygen atoms in total. The highest BCUT2D eigenvalue weighted by atomic mass is 16.4. The standard InChI is InChI=1S/C10H9NO4/c12-8-4-2-1-3-7(8)5-6-11-9(13)10(14)15/h1-6,12H,(H,11,13)(H,14,15). The molecule has 0 spiro atoms. The molecule has 5 heteroatoms. The molecule has 0 atom stereocenters. The van der Waals surface area contributed by atoms with E-state index in [1.807, 2.05) is 5.32 Å². The fourth-order valence-electron chi connectivity index (χ4n) is 0.897. The van der Waals surface area contributed by atoms with Gasteiger partial charge in [-0.25, -0.2) is 4.79 Å². The zero-order valence-corrected chi connectivity index (χ0v) is 7.68. The van der Waals surface area contributed by atoms with Crippen molar-refractivity contribution >= 4 is 18.0 Å². The van der Waals surface area contributed by atoms with E-state index in [9.17, 15) is 14.7 Å². The molecule has 3 N–H and O–H groups in total. The second-order valence-corrected chi connectivity index (χ2v) is 2.67. The van der Waals surface area contributed by atoms with Crippen LogP contribution >= 0.6 is 0 Å². The number of aliphatic carboxylic acids is 1. The molecule has 1 amide bonds. The van der Waals surface area contributed by atoms with Crippen LogP contribution in [-0.2, 0) is 9.59 Å². The number of nitrogens with one attached hydrogen (secondary N) is 1. The van der Waals surface area contributed by atoms with Crippen LogP contribution in [0.5, 0.6) is 5.75 Å². The number of phenolic OH excluding ortho intramolecular Hbond substituents is 1. The predicted molar refractivity (Wildman–Crippen MR) is 52.9 cm³/mol. The Morgan fingerprint density at radius 2 is 1.93 bits per heavy atom. The zero-order chi connectivity index (χ0) is 11.3. The topological polar surface area (TPSA) is 86.6 Å². The Morgan fingerprint density at radius 3 is 2.53 bits per heavy atom. The van der Waals surface area contributed by atoms with Gasteiger partial charge in [-0.3, -0.25) is 4.79 Å². The number of carboxylic acids is 1. The molecule has 15 heavy (non-hydrogen) atoms. The fraction of sp³-hybridized carbons (Fsp3) is 0. The molecule has 0 bridgehead atoms. The van der Waals surface area contributed by atoms with E-state index in [-0.39, 0.29) is 5.75 Å². The van der Waals surface area contributed by atoms with Crippen molar-refractivity contribution in [3.63, 3.8) is 0 Å². The van der Waals surface area contributed by atoms with Gasteiger partial charge in [0.15, 0.2) is 0 Å². The summed E-state index contributed by atoms with van der Waals surface area (Å²) >= 11 is 0. The molecule has 0 fully saturated rings. The van der Waals surface area contributed by atoms with Crippen molar-refractivity contribution in [2.45, 2.75) is 0 Å². The van der Waals surface area contributed by atoms with Crippen LogP contribution in [0.3, 0.4) is 0 Å². The number of hydrogen-bond acceptors (Lipinski definition) is 3. The minimum Gasteiger partial charge on any atom is -0.507 e. The zero-order valence-electron chi connectivity index (χ0n) is 7.68. The number of rotatable bonds is 2. The molecule has 1 aromatic rings. The van der Waals surface area contributed by atoms with Crippen molar-refractivity contribution in [1.82, 2.24) is 5.32 Å². The molecule has 0 radical (unpaired) electrons. The molecule has 0 saturated carbocycles. The average molecular weight is 207 g/mol. The minimum absolute atomic E-state index is 0.0540. The summed E-state index contributed by atoms with van der Waals surface area (Å²) in [6.45, 7) is 0. The second-order valence-electron chi connectivity index (χ2n) is 2.67. The van der Waals surface area contributed by atoms with Gasteiger partial charge in [-0.05, 0) is 12.1 Å². The van der Waals surface area contributed by atoms with E-state index in [0.29, 0.717) is 5.56 Å². The van der Waals surface area contributed by atoms with Crippen LogP contribution in [-0.4, -0.2) is 22.1 Å². The molecular formula is C10H9NO4. The van der Waals surface area contributed by atoms with E-state index in [4.69, 9.17) is 5.11 Å². The van der Waals surface area contributed by atoms with Gasteiger partial charge in [-0.15, -0.1) is 0 Å². The van der Waals surface area contributed by atoms with Gasteiger partial charge in [0.05, 0.1) is 0 Å². The van der Waals surface area contributed by atoms with Crippen LogP contribution in [0.15, 0.2) is 30.5 Å². The van der Waals surface area contributed by atoms with Crippen molar-refractivity contribution in [2.75, 3.05) is 0 Å². The molecule has 1 rings (SSSR count). The number of benzene rings is 1. The van der Waals surface area contributed by atoms with Crippen molar-refractivity contribution < 1.29 is 19.8 Å². The van der Waals surface area contributed by atoms with E-state index in [1.165, 1.54) is 12.1 Å². The molecule has 0 aliphatic carbocycles. The molecule has 0 saturated heterocycles. The van der Waals surface area contributed by atoms with E-state index < -0.39 is 11.9 Å².